The van der Waals surface area contributed by atoms with Gasteiger partial charge in [0.15, 0.2) is 17.2 Å². The molecule has 0 bridgehead atoms. The van der Waals surface area contributed by atoms with Crippen molar-refractivity contribution in [3.63, 3.8) is 0 Å². The maximum atomic E-state index is 12.8. The molecule has 0 saturated heterocycles. The Kier molecular flexibility index (Phi) is 4.96. The van der Waals surface area contributed by atoms with Crippen LogP contribution in [0.15, 0.2) is 27.5 Å². The fourth-order valence-corrected chi connectivity index (χ4v) is 3.21. The van der Waals surface area contributed by atoms with E-state index >= 15 is 0 Å². The van der Waals surface area contributed by atoms with Gasteiger partial charge in [0, 0.05) is 24.6 Å². The summed E-state index contributed by atoms with van der Waals surface area (Å²) >= 11 is 0. The highest BCUT2D eigenvalue weighted by Gasteiger charge is 2.30. The number of amides is 1. The van der Waals surface area contributed by atoms with Gasteiger partial charge >= 0.3 is 0 Å². The Balaban J connectivity index is 1.62. The summed E-state index contributed by atoms with van der Waals surface area (Å²) in [5.74, 6) is 2.16. The molecule has 0 unspecified atom stereocenters. The number of carbonyl (C=O) groups is 1. The van der Waals surface area contributed by atoms with Crippen molar-refractivity contribution in [2.75, 3.05) is 20.8 Å². The minimum atomic E-state index is -0.313. The van der Waals surface area contributed by atoms with Gasteiger partial charge in [-0.05, 0) is 25.8 Å². The van der Waals surface area contributed by atoms with Crippen LogP contribution in [0.1, 0.15) is 47.8 Å². The van der Waals surface area contributed by atoms with Crippen molar-refractivity contribution in [1.82, 2.24) is 20.0 Å². The molecule has 1 N–H and O–H groups in total. The van der Waals surface area contributed by atoms with E-state index in [-0.39, 0.29) is 23.7 Å². The molecule has 9 nitrogen and oxygen atoms in total. The highest BCUT2D eigenvalue weighted by Crippen LogP contribution is 2.40. The molecule has 152 valence electrons. The Morgan fingerprint density at radius 1 is 1.24 bits per heavy atom. The van der Waals surface area contributed by atoms with E-state index < -0.39 is 0 Å². The first-order chi connectivity index (χ1) is 14.0. The Morgan fingerprint density at radius 2 is 1.97 bits per heavy atom. The van der Waals surface area contributed by atoms with Crippen molar-refractivity contribution in [2.24, 2.45) is 0 Å². The Hall–Kier alpha value is -3.36. The minimum Gasteiger partial charge on any atom is -0.493 e. The quantitative estimate of drug-likeness (QED) is 0.651. The predicted molar refractivity (Wildman–Crippen MR) is 104 cm³/mol. The van der Waals surface area contributed by atoms with E-state index in [1.54, 1.807) is 23.1 Å². The molecule has 3 aromatic rings. The average molecular weight is 398 g/mol. The van der Waals surface area contributed by atoms with Crippen molar-refractivity contribution < 1.29 is 18.8 Å². The van der Waals surface area contributed by atoms with Crippen LogP contribution in [0.4, 0.5) is 0 Å². The van der Waals surface area contributed by atoms with Gasteiger partial charge in [-0.1, -0.05) is 5.16 Å². The zero-order valence-electron chi connectivity index (χ0n) is 16.5. The number of hydrogen-bond donors (Lipinski definition) is 1. The van der Waals surface area contributed by atoms with Crippen LogP contribution >= 0.6 is 0 Å². The third kappa shape index (κ3) is 3.67. The van der Waals surface area contributed by atoms with Crippen LogP contribution in [0, 0.1) is 0 Å². The lowest BCUT2D eigenvalue weighted by Crippen LogP contribution is -2.32. The van der Waals surface area contributed by atoms with Crippen LogP contribution in [0.5, 0.6) is 11.5 Å². The lowest BCUT2D eigenvalue weighted by molar-refractivity contribution is 0.0738. The van der Waals surface area contributed by atoms with Crippen molar-refractivity contribution in [2.45, 2.75) is 32.2 Å². The number of hydrogen-bond acceptors (Lipinski definition) is 7. The summed E-state index contributed by atoms with van der Waals surface area (Å²) in [7, 11) is 3.02. The highest BCUT2D eigenvalue weighted by molar-refractivity contribution is 5.92. The number of nitrogens with zero attached hydrogens (tertiary/aromatic N) is 3. The largest absolute Gasteiger partial charge is 0.493 e. The van der Waals surface area contributed by atoms with Gasteiger partial charge in [0.2, 0.25) is 0 Å². The lowest BCUT2D eigenvalue weighted by atomic mass is 10.2. The van der Waals surface area contributed by atoms with Gasteiger partial charge in [-0.25, -0.2) is 4.98 Å². The summed E-state index contributed by atoms with van der Waals surface area (Å²) in [6.07, 6.45) is 2.13. The van der Waals surface area contributed by atoms with E-state index in [2.05, 4.69) is 15.1 Å². The summed E-state index contributed by atoms with van der Waals surface area (Å²) in [6, 6.07) is 4.93. The molecule has 1 aliphatic carbocycles. The van der Waals surface area contributed by atoms with Gasteiger partial charge in [0.05, 0.1) is 31.7 Å². The molecule has 0 atom stereocenters. The second-order valence-corrected chi connectivity index (χ2v) is 6.95. The summed E-state index contributed by atoms with van der Waals surface area (Å²) in [5, 5.41) is 4.29. The molecular formula is C20H22N4O5. The molecule has 1 aliphatic rings. The maximum absolute atomic E-state index is 12.8. The van der Waals surface area contributed by atoms with Gasteiger partial charge in [-0.2, -0.15) is 0 Å². The minimum absolute atomic E-state index is 0.139. The first-order valence-corrected chi connectivity index (χ1v) is 9.44. The number of H-pyrrole nitrogens is 1. The molecule has 1 fully saturated rings. The Labute approximate surface area is 166 Å². The molecule has 1 amide bonds. The average Bonchev–Trinajstić information content (AvgIpc) is 3.47. The van der Waals surface area contributed by atoms with E-state index in [0.29, 0.717) is 40.7 Å². The molecule has 2 aromatic heterocycles. The molecule has 1 aromatic carbocycles. The summed E-state index contributed by atoms with van der Waals surface area (Å²) in [4.78, 5) is 34.2. The number of nitrogens with one attached hydrogen (secondary N) is 1. The van der Waals surface area contributed by atoms with Gasteiger partial charge in [-0.3, -0.25) is 9.59 Å². The monoisotopic (exact) mass is 398 g/mol. The first-order valence-electron chi connectivity index (χ1n) is 9.44. The van der Waals surface area contributed by atoms with Gasteiger partial charge in [0.25, 0.3) is 11.5 Å². The summed E-state index contributed by atoms with van der Waals surface area (Å²) in [5.41, 5.74) is 0.414. The lowest BCUT2D eigenvalue weighted by Gasteiger charge is -2.19. The zero-order valence-corrected chi connectivity index (χ0v) is 16.5. The summed E-state index contributed by atoms with van der Waals surface area (Å²) < 4.78 is 15.8. The number of methoxy groups -OCH3 is 2. The number of ether oxygens (including phenoxy) is 2. The standard InChI is InChI=1S/C20H22N4O5/c1-4-24(20(26)14-9-15(29-23-14)11-5-6-11)10-18-21-13-8-17(28-3)16(27-2)7-12(13)19(25)22-18/h7-9,11H,4-6,10H2,1-3H3,(H,21,22,25). The molecule has 0 aliphatic heterocycles. The molecule has 0 spiro atoms. The van der Waals surface area contributed by atoms with Crippen LogP contribution < -0.4 is 15.0 Å². The Bertz CT molecular complexity index is 1120. The number of aromatic amines is 1. The fraction of sp³-hybridized carbons (Fsp3) is 0.400. The zero-order chi connectivity index (χ0) is 20.5. The van der Waals surface area contributed by atoms with Crippen LogP contribution in [-0.4, -0.2) is 46.7 Å². The second-order valence-electron chi connectivity index (χ2n) is 6.95. The van der Waals surface area contributed by atoms with Gasteiger partial charge in [-0.15, -0.1) is 0 Å². The number of rotatable bonds is 7. The van der Waals surface area contributed by atoms with Crippen molar-refractivity contribution in [1.29, 1.82) is 0 Å². The fourth-order valence-electron chi connectivity index (χ4n) is 3.21. The molecule has 4 rings (SSSR count). The van der Waals surface area contributed by atoms with E-state index in [1.165, 1.54) is 14.2 Å². The number of carbonyl (C=O) groups excluding carboxylic acids is 1. The van der Waals surface area contributed by atoms with E-state index in [1.807, 2.05) is 6.92 Å². The topological polar surface area (TPSA) is 111 Å². The third-order valence-corrected chi connectivity index (χ3v) is 5.00. The Morgan fingerprint density at radius 3 is 2.62 bits per heavy atom. The van der Waals surface area contributed by atoms with Crippen LogP contribution in [-0.2, 0) is 6.54 Å². The van der Waals surface area contributed by atoms with Crippen molar-refractivity contribution in [3.8, 4) is 11.5 Å². The predicted octanol–water partition coefficient (Wildman–Crippen LogP) is 2.47. The smallest absolute Gasteiger partial charge is 0.276 e. The van der Waals surface area contributed by atoms with Crippen LogP contribution in [0.25, 0.3) is 10.9 Å². The van der Waals surface area contributed by atoms with Crippen molar-refractivity contribution in [3.05, 3.63) is 45.8 Å². The van der Waals surface area contributed by atoms with Gasteiger partial charge < -0.3 is 23.9 Å². The van der Waals surface area contributed by atoms with E-state index in [9.17, 15) is 9.59 Å². The molecule has 0 radical (unpaired) electrons. The maximum Gasteiger partial charge on any atom is 0.276 e. The highest BCUT2D eigenvalue weighted by atomic mass is 16.5. The first kappa shape index (κ1) is 19.0. The number of fused-ring (bicyclic) bond motifs is 1. The molecule has 9 heteroatoms. The van der Waals surface area contributed by atoms with Crippen LogP contribution in [0.3, 0.4) is 0 Å². The van der Waals surface area contributed by atoms with Gasteiger partial charge in [0.1, 0.15) is 11.6 Å². The summed E-state index contributed by atoms with van der Waals surface area (Å²) in [6.45, 7) is 2.42. The number of aromatic nitrogens is 3. The molecule has 1 saturated carbocycles. The normalized spacial score (nSPS) is 13.5. The van der Waals surface area contributed by atoms with Crippen LogP contribution in [0.2, 0.25) is 0 Å². The van der Waals surface area contributed by atoms with Crippen molar-refractivity contribution >= 4 is 16.8 Å². The number of benzene rings is 1. The molecular weight excluding hydrogens is 376 g/mol. The SMILES string of the molecule is CCN(Cc1nc2cc(OC)c(OC)cc2c(=O)[nH]1)C(=O)c1cc(C2CC2)on1. The van der Waals surface area contributed by atoms with E-state index in [4.69, 9.17) is 14.0 Å². The third-order valence-electron chi connectivity index (χ3n) is 5.00. The molecule has 29 heavy (non-hydrogen) atoms. The molecule has 2 heterocycles. The van der Waals surface area contributed by atoms with E-state index in [0.717, 1.165) is 18.6 Å². The second kappa shape index (κ2) is 7.57.